The van der Waals surface area contributed by atoms with Crippen LogP contribution in [-0.4, -0.2) is 66.5 Å². The van der Waals surface area contributed by atoms with Crippen molar-refractivity contribution in [2.75, 3.05) is 49.0 Å². The van der Waals surface area contributed by atoms with Crippen LogP contribution in [0.1, 0.15) is 24.2 Å². The van der Waals surface area contributed by atoms with E-state index in [1.807, 2.05) is 18.7 Å². The van der Waals surface area contributed by atoms with Crippen LogP contribution in [-0.2, 0) is 4.74 Å². The topological polar surface area (TPSA) is 109 Å². The van der Waals surface area contributed by atoms with Gasteiger partial charge in [0.25, 0.3) is 5.91 Å². The fourth-order valence-electron chi connectivity index (χ4n) is 3.04. The number of morpholine rings is 1. The predicted octanol–water partition coefficient (Wildman–Crippen LogP) is 1.76. The Morgan fingerprint density at radius 3 is 2.86 bits per heavy atom. The van der Waals surface area contributed by atoms with Crippen molar-refractivity contribution in [1.82, 2.24) is 9.97 Å². The van der Waals surface area contributed by atoms with Crippen LogP contribution in [0.4, 0.5) is 17.6 Å². The number of rotatable bonds is 7. The molecule has 2 atom stereocenters. The van der Waals surface area contributed by atoms with E-state index in [1.165, 1.54) is 7.11 Å². The number of nitrogens with one attached hydrogen (secondary N) is 2. The third-order valence-corrected chi connectivity index (χ3v) is 4.60. The molecule has 0 unspecified atom stereocenters. The maximum Gasteiger partial charge on any atom is 0.260 e. The third-order valence-electron chi connectivity index (χ3n) is 4.60. The molecular formula is C20H27N5O4. The van der Waals surface area contributed by atoms with Gasteiger partial charge in [-0.25, -0.2) is 0 Å². The highest BCUT2D eigenvalue weighted by Gasteiger charge is 2.23. The van der Waals surface area contributed by atoms with E-state index in [1.54, 1.807) is 30.3 Å². The van der Waals surface area contributed by atoms with Crippen molar-refractivity contribution >= 4 is 23.5 Å². The molecule has 1 aliphatic rings. The first-order valence-electron chi connectivity index (χ1n) is 9.57. The number of aliphatic hydroxyl groups is 1. The van der Waals surface area contributed by atoms with E-state index in [9.17, 15) is 9.90 Å². The molecule has 0 radical (unpaired) electrons. The van der Waals surface area contributed by atoms with Gasteiger partial charge in [-0.2, -0.15) is 9.97 Å². The van der Waals surface area contributed by atoms with Crippen molar-refractivity contribution < 1.29 is 19.4 Å². The summed E-state index contributed by atoms with van der Waals surface area (Å²) in [5.41, 5.74) is 0.410. The van der Waals surface area contributed by atoms with Gasteiger partial charge >= 0.3 is 0 Å². The lowest BCUT2D eigenvalue weighted by Crippen LogP contribution is -2.44. The van der Waals surface area contributed by atoms with Crippen LogP contribution in [0, 0.1) is 0 Å². The SMILES string of the molecule is COc1ccccc1C(=O)Nc1cc(N[C@@H](C)CO)nc(N2CCOC[C@@H]2C)n1. The van der Waals surface area contributed by atoms with E-state index in [4.69, 9.17) is 9.47 Å². The van der Waals surface area contributed by atoms with Crippen molar-refractivity contribution in [3.8, 4) is 5.75 Å². The predicted molar refractivity (Wildman–Crippen MR) is 111 cm³/mol. The molecule has 2 aromatic rings. The maximum atomic E-state index is 12.8. The molecule has 9 heteroatoms. The van der Waals surface area contributed by atoms with Crippen molar-refractivity contribution in [3.63, 3.8) is 0 Å². The molecule has 0 bridgehead atoms. The Hall–Kier alpha value is -2.91. The fourth-order valence-corrected chi connectivity index (χ4v) is 3.04. The zero-order chi connectivity index (χ0) is 20.8. The van der Waals surface area contributed by atoms with E-state index in [2.05, 4.69) is 20.6 Å². The first-order valence-corrected chi connectivity index (χ1v) is 9.57. The quantitative estimate of drug-likeness (QED) is 0.644. The van der Waals surface area contributed by atoms with Crippen molar-refractivity contribution in [2.24, 2.45) is 0 Å². The van der Waals surface area contributed by atoms with E-state index in [0.29, 0.717) is 48.7 Å². The molecule has 1 fully saturated rings. The molecule has 29 heavy (non-hydrogen) atoms. The molecule has 9 nitrogen and oxygen atoms in total. The van der Waals surface area contributed by atoms with Crippen molar-refractivity contribution in [2.45, 2.75) is 25.9 Å². The van der Waals surface area contributed by atoms with Crippen molar-refractivity contribution in [1.29, 1.82) is 0 Å². The van der Waals surface area contributed by atoms with Gasteiger partial charge in [-0.05, 0) is 26.0 Å². The number of hydrogen-bond donors (Lipinski definition) is 3. The summed E-state index contributed by atoms with van der Waals surface area (Å²) >= 11 is 0. The van der Waals surface area contributed by atoms with Crippen LogP contribution in [0.3, 0.4) is 0 Å². The van der Waals surface area contributed by atoms with E-state index < -0.39 is 0 Å². The van der Waals surface area contributed by atoms with Gasteiger partial charge in [0.15, 0.2) is 0 Å². The Labute approximate surface area is 170 Å². The van der Waals surface area contributed by atoms with Crippen LogP contribution >= 0.6 is 0 Å². The number of aliphatic hydroxyl groups excluding tert-OH is 1. The summed E-state index contributed by atoms with van der Waals surface area (Å²) in [6.45, 7) is 5.65. The van der Waals surface area contributed by atoms with Crippen LogP contribution in [0.5, 0.6) is 5.75 Å². The second-order valence-corrected chi connectivity index (χ2v) is 6.94. The largest absolute Gasteiger partial charge is 0.496 e. The number of aromatic nitrogens is 2. The minimum atomic E-state index is -0.330. The molecule has 156 valence electrons. The summed E-state index contributed by atoms with van der Waals surface area (Å²) in [7, 11) is 1.52. The molecule has 3 rings (SSSR count). The smallest absolute Gasteiger partial charge is 0.260 e. The monoisotopic (exact) mass is 401 g/mol. The zero-order valence-electron chi connectivity index (χ0n) is 16.9. The number of methoxy groups -OCH3 is 1. The summed E-state index contributed by atoms with van der Waals surface area (Å²) in [6.07, 6.45) is 0. The molecule has 0 saturated carbocycles. The number of anilines is 3. The first-order chi connectivity index (χ1) is 14.0. The number of carbonyl (C=O) groups excluding carboxylic acids is 1. The molecule has 3 N–H and O–H groups in total. The van der Waals surface area contributed by atoms with Crippen molar-refractivity contribution in [3.05, 3.63) is 35.9 Å². The first kappa shape index (κ1) is 20.8. The third kappa shape index (κ3) is 5.12. The van der Waals surface area contributed by atoms with Gasteiger partial charge in [0.05, 0.1) is 38.5 Å². The lowest BCUT2D eigenvalue weighted by Gasteiger charge is -2.33. The normalized spacial score (nSPS) is 17.5. The number of benzene rings is 1. The number of hydrogen-bond acceptors (Lipinski definition) is 8. The zero-order valence-corrected chi connectivity index (χ0v) is 16.9. The second-order valence-electron chi connectivity index (χ2n) is 6.94. The Morgan fingerprint density at radius 2 is 2.14 bits per heavy atom. The standard InChI is InChI=1S/C20H27N5O4/c1-13(11-26)21-17-10-18(22-19(27)15-6-4-5-7-16(15)28-3)24-20(23-17)25-8-9-29-12-14(25)2/h4-7,10,13-14,26H,8-9,11-12H2,1-3H3,(H2,21,22,23,24,27)/t13-,14-/m0/s1. The molecule has 1 aromatic heterocycles. The Balaban J connectivity index is 1.90. The van der Waals surface area contributed by atoms with Crippen LogP contribution in [0.2, 0.25) is 0 Å². The molecule has 1 saturated heterocycles. The van der Waals surface area contributed by atoms with E-state index in [-0.39, 0.29) is 24.6 Å². The molecule has 0 spiro atoms. The average molecular weight is 401 g/mol. The van der Waals surface area contributed by atoms with Gasteiger partial charge in [-0.15, -0.1) is 0 Å². The highest BCUT2D eigenvalue weighted by molar-refractivity contribution is 6.05. The molecule has 0 aliphatic carbocycles. The van der Waals surface area contributed by atoms with Gasteiger partial charge in [0.2, 0.25) is 5.95 Å². The number of carbonyl (C=O) groups is 1. The lowest BCUT2D eigenvalue weighted by molar-refractivity contribution is 0.0980. The number of para-hydroxylation sites is 1. The minimum Gasteiger partial charge on any atom is -0.496 e. The van der Waals surface area contributed by atoms with Gasteiger partial charge < -0.3 is 30.1 Å². The van der Waals surface area contributed by atoms with E-state index >= 15 is 0 Å². The van der Waals surface area contributed by atoms with Gasteiger partial charge in [-0.3, -0.25) is 4.79 Å². The summed E-state index contributed by atoms with van der Waals surface area (Å²) in [5.74, 6) is 1.52. The van der Waals surface area contributed by atoms with Gasteiger partial charge in [0, 0.05) is 18.7 Å². The van der Waals surface area contributed by atoms with E-state index in [0.717, 1.165) is 0 Å². The summed E-state index contributed by atoms with van der Waals surface area (Å²) in [6, 6.07) is 8.54. The minimum absolute atomic E-state index is 0.0454. The molecule has 1 aromatic carbocycles. The molecule has 1 amide bonds. The lowest BCUT2D eigenvalue weighted by atomic mass is 10.2. The second kappa shape index (κ2) is 9.53. The highest BCUT2D eigenvalue weighted by atomic mass is 16.5. The molecule has 1 aliphatic heterocycles. The van der Waals surface area contributed by atoms with Gasteiger partial charge in [0.1, 0.15) is 17.4 Å². The van der Waals surface area contributed by atoms with Crippen LogP contribution in [0.25, 0.3) is 0 Å². The summed E-state index contributed by atoms with van der Waals surface area (Å²) < 4.78 is 10.8. The summed E-state index contributed by atoms with van der Waals surface area (Å²) in [4.78, 5) is 23.9. The number of ether oxygens (including phenoxy) is 2. The highest BCUT2D eigenvalue weighted by Crippen LogP contribution is 2.23. The van der Waals surface area contributed by atoms with Crippen LogP contribution in [0.15, 0.2) is 30.3 Å². The molecular weight excluding hydrogens is 374 g/mol. The summed E-state index contributed by atoms with van der Waals surface area (Å²) in [5, 5.41) is 15.3. The fraction of sp³-hybridized carbons (Fsp3) is 0.450. The Bertz CT molecular complexity index is 847. The maximum absolute atomic E-state index is 12.8. The van der Waals surface area contributed by atoms with Crippen LogP contribution < -0.4 is 20.3 Å². The Kier molecular flexibility index (Phi) is 6.84. The number of nitrogens with zero attached hydrogens (tertiary/aromatic N) is 3. The number of amides is 1. The average Bonchev–Trinajstić information content (AvgIpc) is 2.73. The Morgan fingerprint density at radius 1 is 1.38 bits per heavy atom. The molecule has 2 heterocycles. The van der Waals surface area contributed by atoms with Gasteiger partial charge in [-0.1, -0.05) is 12.1 Å².